The maximum atomic E-state index is 10.6. The second kappa shape index (κ2) is 8.04. The summed E-state index contributed by atoms with van der Waals surface area (Å²) in [6.45, 7) is 5.72. The average Bonchev–Trinajstić information content (AvgIpc) is 3.35. The molecule has 5 rings (SSSR count). The van der Waals surface area contributed by atoms with Crippen molar-refractivity contribution in [2.75, 3.05) is 6.61 Å². The van der Waals surface area contributed by atoms with E-state index in [1.807, 2.05) is 6.07 Å². The zero-order valence-corrected chi connectivity index (χ0v) is 19.0. The molecule has 4 aliphatic rings. The van der Waals surface area contributed by atoms with Gasteiger partial charge in [-0.25, -0.2) is 0 Å². The van der Waals surface area contributed by atoms with Crippen LogP contribution >= 0.6 is 0 Å². The zero-order chi connectivity index (χ0) is 21.6. The van der Waals surface area contributed by atoms with E-state index in [0.717, 1.165) is 42.5 Å². The van der Waals surface area contributed by atoms with Crippen LogP contribution in [0.5, 0.6) is 0 Å². The van der Waals surface area contributed by atoms with Crippen LogP contribution in [0.2, 0.25) is 0 Å². The molecule has 3 unspecified atom stereocenters. The highest BCUT2D eigenvalue weighted by Gasteiger charge is 2.58. The van der Waals surface area contributed by atoms with Crippen LogP contribution in [-0.4, -0.2) is 28.7 Å². The number of fused-ring (bicyclic) bond motifs is 5. The van der Waals surface area contributed by atoms with Gasteiger partial charge in [0.05, 0.1) is 24.1 Å². The fourth-order valence-corrected chi connectivity index (χ4v) is 7.46. The maximum absolute atomic E-state index is 10.6. The van der Waals surface area contributed by atoms with Crippen LogP contribution in [0.4, 0.5) is 0 Å². The van der Waals surface area contributed by atoms with Crippen molar-refractivity contribution in [2.45, 2.75) is 84.3 Å². The van der Waals surface area contributed by atoms with E-state index in [9.17, 15) is 5.11 Å². The normalized spacial score (nSPS) is 40.8. The van der Waals surface area contributed by atoms with E-state index in [-0.39, 0.29) is 16.9 Å². The Hall–Kier alpha value is -1.66. The summed E-state index contributed by atoms with van der Waals surface area (Å²) in [6.07, 6.45) is 12.1. The van der Waals surface area contributed by atoms with Crippen LogP contribution in [-0.2, 0) is 17.8 Å². The molecule has 6 atom stereocenters. The van der Waals surface area contributed by atoms with E-state index < -0.39 is 0 Å². The first-order chi connectivity index (χ1) is 14.9. The van der Waals surface area contributed by atoms with Gasteiger partial charge in [-0.3, -0.25) is 0 Å². The lowest BCUT2D eigenvalue weighted by Gasteiger charge is -2.57. The molecule has 0 bridgehead atoms. The number of nitrogens with two attached hydrogens (primary N) is 1. The first-order valence-electron chi connectivity index (χ1n) is 12.2. The van der Waals surface area contributed by atoms with Gasteiger partial charge in [-0.2, -0.15) is 0 Å². The first kappa shape index (κ1) is 21.2. The summed E-state index contributed by atoms with van der Waals surface area (Å²) in [5, 5.41) is 19.1. The Morgan fingerprint density at radius 3 is 2.87 bits per heavy atom. The van der Waals surface area contributed by atoms with Gasteiger partial charge in [0.25, 0.3) is 0 Å². The van der Waals surface area contributed by atoms with Gasteiger partial charge in [-0.05, 0) is 86.0 Å². The van der Waals surface area contributed by atoms with Crippen molar-refractivity contribution < 1.29 is 14.5 Å². The lowest BCUT2D eigenvalue weighted by molar-refractivity contribution is -0.0722. The Balaban J connectivity index is 1.24. The fourth-order valence-electron chi connectivity index (χ4n) is 7.46. The minimum Gasteiger partial charge on any atom is -0.395 e. The van der Waals surface area contributed by atoms with Crippen LogP contribution in [0.1, 0.15) is 76.7 Å². The van der Waals surface area contributed by atoms with Crippen molar-refractivity contribution in [2.24, 2.45) is 39.5 Å². The molecule has 31 heavy (non-hydrogen) atoms. The predicted octanol–water partition coefficient (Wildman–Crippen LogP) is 4.37. The molecule has 4 aliphatic carbocycles. The first-order valence-corrected chi connectivity index (χ1v) is 12.2. The second-order valence-corrected chi connectivity index (χ2v) is 10.8. The van der Waals surface area contributed by atoms with Crippen LogP contribution < -0.4 is 5.73 Å². The van der Waals surface area contributed by atoms with Gasteiger partial charge in [0.1, 0.15) is 6.61 Å². The van der Waals surface area contributed by atoms with Gasteiger partial charge >= 0.3 is 0 Å². The monoisotopic (exact) mass is 427 g/mol. The Morgan fingerprint density at radius 2 is 2.06 bits per heavy atom. The highest BCUT2D eigenvalue weighted by Crippen LogP contribution is 2.65. The molecule has 0 saturated heterocycles. The lowest BCUT2D eigenvalue weighted by Crippen LogP contribution is -2.51. The molecule has 1 aromatic rings. The highest BCUT2D eigenvalue weighted by molar-refractivity contribution is 5.96. The summed E-state index contributed by atoms with van der Waals surface area (Å²) in [7, 11) is 0. The van der Waals surface area contributed by atoms with Gasteiger partial charge in [-0.1, -0.05) is 29.7 Å². The smallest absolute Gasteiger partial charge is 0.150 e. The number of aliphatic hydroxyl groups excluding tert-OH is 1. The quantitative estimate of drug-likeness (QED) is 0.537. The fraction of sp³-hybridized carbons (Fsp3) is 0.760. The van der Waals surface area contributed by atoms with Crippen molar-refractivity contribution >= 4 is 5.71 Å². The average molecular weight is 428 g/mol. The number of aliphatic hydroxyl groups is 1. The Labute approximate surface area is 185 Å². The summed E-state index contributed by atoms with van der Waals surface area (Å²) < 4.78 is 5.12. The van der Waals surface area contributed by atoms with Gasteiger partial charge in [0.15, 0.2) is 5.76 Å². The molecule has 0 aromatic carbocycles. The molecule has 0 aliphatic heterocycles. The van der Waals surface area contributed by atoms with Crippen LogP contribution in [0.25, 0.3) is 0 Å². The standard InChI is InChI=1S/C25H37N3O3/c1-24-10-7-17(27-30-12-9-18-14-19(15-26)31-28-18)13-16(24)3-4-20-21-5-6-23(29)25(21,2)11-8-22(20)24/h13-14,20-23,29H,3-12,15,26H2,1-2H3/b27-17-/t20?,21?,22?,23-,24-,25-/m0/s1. The summed E-state index contributed by atoms with van der Waals surface area (Å²) in [4.78, 5) is 5.62. The molecule has 6 heteroatoms. The summed E-state index contributed by atoms with van der Waals surface area (Å²) in [6, 6.07) is 1.88. The van der Waals surface area contributed by atoms with Crippen molar-refractivity contribution in [1.82, 2.24) is 5.16 Å². The Morgan fingerprint density at radius 1 is 1.19 bits per heavy atom. The largest absolute Gasteiger partial charge is 0.395 e. The van der Waals surface area contributed by atoms with E-state index in [2.05, 4.69) is 30.2 Å². The number of allylic oxidation sites excluding steroid dienone is 2. The van der Waals surface area contributed by atoms with E-state index in [0.29, 0.717) is 31.3 Å². The van der Waals surface area contributed by atoms with Gasteiger partial charge in [0, 0.05) is 12.5 Å². The van der Waals surface area contributed by atoms with Crippen molar-refractivity contribution in [3.63, 3.8) is 0 Å². The number of nitrogens with zero attached hydrogens (tertiary/aromatic N) is 2. The maximum Gasteiger partial charge on any atom is 0.150 e. The van der Waals surface area contributed by atoms with Crippen molar-refractivity contribution in [3.05, 3.63) is 29.2 Å². The molecule has 3 fully saturated rings. The molecule has 6 nitrogen and oxygen atoms in total. The topological polar surface area (TPSA) is 93.9 Å². The summed E-state index contributed by atoms with van der Waals surface area (Å²) in [5.74, 6) is 2.92. The molecule has 0 amide bonds. The zero-order valence-electron chi connectivity index (χ0n) is 19.0. The number of aromatic nitrogens is 1. The van der Waals surface area contributed by atoms with Gasteiger partial charge in [-0.15, -0.1) is 0 Å². The number of rotatable bonds is 5. The van der Waals surface area contributed by atoms with E-state index in [4.69, 9.17) is 15.1 Å². The van der Waals surface area contributed by atoms with Crippen LogP contribution in [0, 0.1) is 28.6 Å². The molecule has 3 N–H and O–H groups in total. The van der Waals surface area contributed by atoms with Crippen LogP contribution in [0.3, 0.4) is 0 Å². The Bertz CT molecular complexity index is 877. The van der Waals surface area contributed by atoms with Gasteiger partial charge in [0.2, 0.25) is 0 Å². The third-order valence-corrected chi connectivity index (χ3v) is 9.37. The molecule has 1 aromatic heterocycles. The van der Waals surface area contributed by atoms with E-state index in [1.54, 1.807) is 5.57 Å². The molecular weight excluding hydrogens is 390 g/mol. The number of hydrogen-bond acceptors (Lipinski definition) is 6. The molecular formula is C25H37N3O3. The van der Waals surface area contributed by atoms with E-state index in [1.165, 1.54) is 32.1 Å². The highest BCUT2D eigenvalue weighted by atomic mass is 16.6. The molecule has 170 valence electrons. The van der Waals surface area contributed by atoms with Crippen LogP contribution in [0.15, 0.2) is 27.4 Å². The molecule has 0 spiro atoms. The lowest BCUT2D eigenvalue weighted by atomic mass is 9.47. The molecule has 1 heterocycles. The van der Waals surface area contributed by atoms with Crippen molar-refractivity contribution in [3.8, 4) is 0 Å². The number of oxime groups is 1. The third-order valence-electron chi connectivity index (χ3n) is 9.37. The number of hydrogen-bond donors (Lipinski definition) is 2. The summed E-state index contributed by atoms with van der Waals surface area (Å²) >= 11 is 0. The van der Waals surface area contributed by atoms with Crippen molar-refractivity contribution in [1.29, 1.82) is 0 Å². The van der Waals surface area contributed by atoms with E-state index >= 15 is 0 Å². The third kappa shape index (κ3) is 3.56. The van der Waals surface area contributed by atoms with Gasteiger partial charge < -0.3 is 20.2 Å². The SMILES string of the molecule is C[C@]12CC/C(=N/OCCc3cc(CN)on3)C=C1CCC1C2CC[C@@]2(C)C1CC[C@@H]2O. The minimum absolute atomic E-state index is 0.0930. The molecule has 3 saturated carbocycles. The minimum atomic E-state index is -0.0930. The predicted molar refractivity (Wildman–Crippen MR) is 119 cm³/mol. The Kier molecular flexibility index (Phi) is 5.50. The molecule has 0 radical (unpaired) electrons. The second-order valence-electron chi connectivity index (χ2n) is 10.8. The summed E-state index contributed by atoms with van der Waals surface area (Å²) in [5.41, 5.74) is 9.51.